The number of hydrogen-bond acceptors (Lipinski definition) is 2. The van der Waals surface area contributed by atoms with Gasteiger partial charge in [0.25, 0.3) is 0 Å². The minimum absolute atomic E-state index is 0.225. The summed E-state index contributed by atoms with van der Waals surface area (Å²) in [6.45, 7) is 4.70. The zero-order valence-electron chi connectivity index (χ0n) is 45.3. The van der Waals surface area contributed by atoms with Crippen molar-refractivity contribution < 1.29 is 9.47 Å². The quantitative estimate of drug-likeness (QED) is 0.101. The van der Waals surface area contributed by atoms with Crippen molar-refractivity contribution in [3.8, 4) is 23.0 Å². The molecule has 0 aliphatic carbocycles. The summed E-state index contributed by atoms with van der Waals surface area (Å²) in [5.74, 6) is 3.83. The van der Waals surface area contributed by atoms with E-state index in [-0.39, 0.29) is 5.41 Å². The van der Waals surface area contributed by atoms with Crippen LogP contribution in [0.2, 0.25) is 0 Å². The second-order valence-electron chi connectivity index (χ2n) is 20.1. The third-order valence-electron chi connectivity index (χ3n) is 14.6. The molecule has 0 fully saturated rings. The van der Waals surface area contributed by atoms with Crippen molar-refractivity contribution >= 4 is 95.3 Å². The van der Waals surface area contributed by atoms with Crippen molar-refractivity contribution in [2.45, 2.75) is 19.3 Å². The van der Waals surface area contributed by atoms with Gasteiger partial charge in [-0.15, -0.1) is 0 Å². The van der Waals surface area contributed by atoms with Crippen molar-refractivity contribution in [3.05, 3.63) is 339 Å². The average Bonchev–Trinajstić information content (AvgIpc) is 3.60. The van der Waals surface area contributed by atoms with Crippen LogP contribution in [0, 0.1) is 0 Å². The molecule has 12 aromatic rings. The molecule has 1 heterocycles. The van der Waals surface area contributed by atoms with E-state index in [1.54, 1.807) is 0 Å². The molecule has 0 saturated heterocycles. The third kappa shape index (κ3) is 11.6. The van der Waals surface area contributed by atoms with Crippen LogP contribution in [0.3, 0.4) is 0 Å². The zero-order chi connectivity index (χ0) is 54.8. The number of benzene rings is 12. The summed E-state index contributed by atoms with van der Waals surface area (Å²) in [4.78, 5) is 0. The van der Waals surface area contributed by atoms with Crippen molar-refractivity contribution in [2.24, 2.45) is 0 Å². The predicted octanol–water partition coefficient (Wildman–Crippen LogP) is 14.6. The lowest BCUT2D eigenvalue weighted by atomic mass is 9.76. The van der Waals surface area contributed by atoms with Crippen LogP contribution in [-0.4, -0.2) is 0 Å². The summed E-state index contributed by atoms with van der Waals surface area (Å²) in [5, 5.41) is 15.5. The van der Waals surface area contributed by atoms with E-state index in [0.29, 0.717) is 0 Å². The molecule has 6 heteroatoms. The smallest absolute Gasteiger partial charge is 0.139 e. The van der Waals surface area contributed by atoms with E-state index >= 15 is 0 Å². The minimum Gasteiger partial charge on any atom is -0.456 e. The molecule has 0 radical (unpaired) electrons. The number of ether oxygens (including phenoxy) is 2. The Kier molecular flexibility index (Phi) is 16.7. The third-order valence-corrected chi connectivity index (χ3v) is 24.5. The van der Waals surface area contributed by atoms with Gasteiger partial charge in [-0.1, -0.05) is 329 Å². The SMILES string of the molecule is CC1(C)c2cccc(P(c3ccccc3)c3ccccc3)c2Oc2c(P(c3ccccc3)c3ccccc3)cccc21.c1ccc(P(c2ccccc2)c2ccccc2Oc2ccccc2P(c2ccccc2)c2ccccc2)cc1. The molecule has 1 aliphatic rings. The molecule has 0 bridgehead atoms. The molecule has 0 amide bonds. The standard InChI is InChI=1S/C39H32OP2.C36H28OP2/c1-39(2)33-25-15-27-35(41(29-17-7-3-8-18-29)30-19-9-4-10-20-30)37(33)40-38-34(39)26-16-28-36(38)42(31-21-11-5-12-22-31)32-23-13-6-14-24-32;1-5-17-29(18-6-1)38(30-19-7-2-8-20-30)35-27-15-13-25-33(35)37-34-26-14-16-28-36(34)39(31-21-9-3-10-22-31)32-23-11-4-12-24-32/h3-28H,1-2H3;1-28H. The maximum Gasteiger partial charge on any atom is 0.139 e. The Morgan fingerprint density at radius 3 is 0.704 bits per heavy atom. The summed E-state index contributed by atoms with van der Waals surface area (Å²) in [6.07, 6.45) is 0. The molecule has 81 heavy (non-hydrogen) atoms. The van der Waals surface area contributed by atoms with Crippen LogP contribution < -0.4 is 73.1 Å². The molecular formula is C75H60O2P4. The lowest BCUT2D eigenvalue weighted by Crippen LogP contribution is -2.32. The van der Waals surface area contributed by atoms with Crippen LogP contribution in [0.1, 0.15) is 25.0 Å². The Balaban J connectivity index is 0.000000161. The summed E-state index contributed by atoms with van der Waals surface area (Å²) in [5.41, 5.74) is 2.26. The maximum absolute atomic E-state index is 7.26. The molecule has 2 nitrogen and oxygen atoms in total. The summed E-state index contributed by atoms with van der Waals surface area (Å²) >= 11 is 0. The summed E-state index contributed by atoms with van der Waals surface area (Å²) in [7, 11) is -3.24. The topological polar surface area (TPSA) is 18.5 Å². The van der Waals surface area contributed by atoms with Crippen LogP contribution in [0.15, 0.2) is 328 Å². The first-order chi connectivity index (χ1) is 40.0. The van der Waals surface area contributed by atoms with Gasteiger partial charge >= 0.3 is 0 Å². The van der Waals surface area contributed by atoms with Gasteiger partial charge in [-0.25, -0.2) is 0 Å². The Morgan fingerprint density at radius 1 is 0.235 bits per heavy atom. The van der Waals surface area contributed by atoms with Gasteiger partial charge in [0, 0.05) is 37.8 Å². The van der Waals surface area contributed by atoms with Crippen LogP contribution in [0.25, 0.3) is 0 Å². The van der Waals surface area contributed by atoms with Crippen molar-refractivity contribution in [1.29, 1.82) is 0 Å². The predicted molar refractivity (Wildman–Crippen MR) is 353 cm³/mol. The van der Waals surface area contributed by atoms with Crippen molar-refractivity contribution in [2.75, 3.05) is 0 Å². The second kappa shape index (κ2) is 25.2. The molecule has 0 spiro atoms. The van der Waals surface area contributed by atoms with E-state index in [0.717, 1.165) is 23.0 Å². The highest BCUT2D eigenvalue weighted by Crippen LogP contribution is 2.52. The van der Waals surface area contributed by atoms with E-state index in [4.69, 9.17) is 9.47 Å². The molecule has 13 rings (SSSR count). The van der Waals surface area contributed by atoms with Gasteiger partial charge in [0.2, 0.25) is 0 Å². The highest BCUT2D eigenvalue weighted by molar-refractivity contribution is 7.81. The lowest BCUT2D eigenvalue weighted by Gasteiger charge is -2.38. The minimum atomic E-state index is -0.824. The van der Waals surface area contributed by atoms with E-state index in [1.165, 1.54) is 74.8 Å². The molecule has 12 aromatic carbocycles. The second-order valence-corrected chi connectivity index (χ2v) is 28.8. The van der Waals surface area contributed by atoms with Crippen molar-refractivity contribution in [3.63, 3.8) is 0 Å². The molecule has 0 saturated carbocycles. The molecule has 0 aromatic heterocycles. The van der Waals surface area contributed by atoms with E-state index < -0.39 is 31.7 Å². The average molecular weight is 1120 g/mol. The van der Waals surface area contributed by atoms with Crippen LogP contribution in [0.5, 0.6) is 23.0 Å². The highest BCUT2D eigenvalue weighted by Gasteiger charge is 2.39. The zero-order valence-corrected chi connectivity index (χ0v) is 48.9. The molecule has 0 unspecified atom stereocenters. The van der Waals surface area contributed by atoms with Gasteiger partial charge in [-0.3, -0.25) is 0 Å². The normalized spacial score (nSPS) is 12.2. The van der Waals surface area contributed by atoms with E-state index in [9.17, 15) is 0 Å². The number of rotatable bonds is 14. The van der Waals surface area contributed by atoms with Gasteiger partial charge in [-0.2, -0.15) is 0 Å². The van der Waals surface area contributed by atoms with Gasteiger partial charge in [0.1, 0.15) is 23.0 Å². The van der Waals surface area contributed by atoms with Gasteiger partial charge in [0.05, 0.1) is 0 Å². The fraction of sp³-hybridized carbons (Fsp3) is 0.0400. The van der Waals surface area contributed by atoms with Gasteiger partial charge in [0.15, 0.2) is 0 Å². The molecule has 392 valence electrons. The monoisotopic (exact) mass is 1120 g/mol. The number of fused-ring (bicyclic) bond motifs is 2. The first-order valence-corrected chi connectivity index (χ1v) is 32.8. The number of para-hydroxylation sites is 4. The summed E-state index contributed by atoms with van der Waals surface area (Å²) < 4.78 is 14.2. The fourth-order valence-electron chi connectivity index (χ4n) is 10.7. The van der Waals surface area contributed by atoms with Crippen molar-refractivity contribution in [1.82, 2.24) is 0 Å². The summed E-state index contributed by atoms with van der Waals surface area (Å²) in [6, 6.07) is 117. The number of hydrogen-bond donors (Lipinski definition) is 0. The Morgan fingerprint density at radius 2 is 0.444 bits per heavy atom. The Bertz CT molecular complexity index is 3550. The van der Waals surface area contributed by atoms with E-state index in [2.05, 4.69) is 341 Å². The van der Waals surface area contributed by atoms with Crippen LogP contribution in [-0.2, 0) is 5.41 Å². The highest BCUT2D eigenvalue weighted by atomic mass is 31.1. The Hall–Kier alpha value is -8.04. The van der Waals surface area contributed by atoms with Gasteiger partial charge in [-0.05, 0) is 86.3 Å². The van der Waals surface area contributed by atoms with Crippen LogP contribution in [0.4, 0.5) is 0 Å². The Labute approximate surface area is 482 Å². The largest absolute Gasteiger partial charge is 0.456 e. The molecule has 0 N–H and O–H groups in total. The molecular weight excluding hydrogens is 1060 g/mol. The van der Waals surface area contributed by atoms with Crippen LogP contribution >= 0.6 is 31.7 Å². The first-order valence-electron chi connectivity index (χ1n) is 27.4. The lowest BCUT2D eigenvalue weighted by molar-refractivity contribution is 0.425. The first kappa shape index (κ1) is 53.6. The maximum atomic E-state index is 7.26. The van der Waals surface area contributed by atoms with Gasteiger partial charge < -0.3 is 9.47 Å². The molecule has 1 aliphatic heterocycles. The van der Waals surface area contributed by atoms with E-state index in [1.807, 2.05) is 0 Å². The fourth-order valence-corrected chi connectivity index (χ4v) is 20.3. The molecule has 0 atom stereocenters.